The van der Waals surface area contributed by atoms with Crippen LogP contribution >= 0.6 is 11.6 Å². The second-order valence-electron chi connectivity index (χ2n) is 9.55. The van der Waals surface area contributed by atoms with Crippen LogP contribution in [0.5, 0.6) is 11.5 Å². The molecule has 7 heteroatoms. The minimum Gasteiger partial charge on any atom is -0.488 e. The van der Waals surface area contributed by atoms with Crippen molar-refractivity contribution >= 4 is 29.5 Å². The molecule has 34 heavy (non-hydrogen) atoms. The number of fused-ring (bicyclic) bond motifs is 1. The summed E-state index contributed by atoms with van der Waals surface area (Å²) in [5, 5.41) is 0.623. The summed E-state index contributed by atoms with van der Waals surface area (Å²) in [5.74, 6) is 1.56. The Morgan fingerprint density at radius 2 is 1.79 bits per heavy atom. The normalized spacial score (nSPS) is 18.8. The van der Waals surface area contributed by atoms with E-state index in [0.717, 1.165) is 55.0 Å². The van der Waals surface area contributed by atoms with Gasteiger partial charge in [0.05, 0.1) is 5.57 Å². The van der Waals surface area contributed by atoms with Crippen LogP contribution in [0, 0.1) is 12.3 Å². The maximum absolute atomic E-state index is 13.2. The molecule has 2 amide bonds. The van der Waals surface area contributed by atoms with E-state index in [1.165, 1.54) is 0 Å². The number of hydrogen-bond donors (Lipinski definition) is 0. The minimum atomic E-state index is 0.0193. The van der Waals surface area contributed by atoms with Crippen LogP contribution < -0.4 is 9.47 Å². The van der Waals surface area contributed by atoms with Gasteiger partial charge in [-0.1, -0.05) is 29.8 Å². The van der Waals surface area contributed by atoms with Gasteiger partial charge in [0.25, 0.3) is 11.8 Å². The number of para-hydroxylation sites is 1. The number of rotatable bonds is 4. The van der Waals surface area contributed by atoms with Crippen LogP contribution in [0.2, 0.25) is 5.02 Å². The summed E-state index contributed by atoms with van der Waals surface area (Å²) in [4.78, 5) is 29.7. The Morgan fingerprint density at radius 3 is 2.56 bits per heavy atom. The van der Waals surface area contributed by atoms with Crippen LogP contribution in [-0.2, 0) is 9.59 Å². The van der Waals surface area contributed by atoms with Gasteiger partial charge in [0.2, 0.25) is 0 Å². The Balaban J connectivity index is 1.15. The number of halogens is 1. The van der Waals surface area contributed by atoms with Crippen molar-refractivity contribution in [3.05, 3.63) is 64.2 Å². The number of piperidine rings is 1. The lowest BCUT2D eigenvalue weighted by atomic mass is 9.78. The maximum Gasteiger partial charge on any atom is 0.260 e. The van der Waals surface area contributed by atoms with Crippen LogP contribution in [0.3, 0.4) is 0 Å². The molecule has 2 fully saturated rings. The van der Waals surface area contributed by atoms with E-state index in [2.05, 4.69) is 0 Å². The Morgan fingerprint density at radius 1 is 1.06 bits per heavy atom. The highest BCUT2D eigenvalue weighted by molar-refractivity contribution is 6.30. The molecule has 3 heterocycles. The van der Waals surface area contributed by atoms with Gasteiger partial charge in [-0.3, -0.25) is 9.59 Å². The number of likely N-dealkylation sites (tertiary alicyclic amines) is 2. The number of amides is 2. The number of benzene rings is 2. The van der Waals surface area contributed by atoms with E-state index in [4.69, 9.17) is 21.1 Å². The molecule has 0 bridgehead atoms. The van der Waals surface area contributed by atoms with Crippen LogP contribution in [0.15, 0.2) is 48.0 Å². The minimum absolute atomic E-state index is 0.0193. The first kappa shape index (κ1) is 22.8. The highest BCUT2D eigenvalue weighted by Crippen LogP contribution is 2.41. The van der Waals surface area contributed by atoms with Gasteiger partial charge in [0, 0.05) is 36.8 Å². The zero-order valence-corrected chi connectivity index (χ0v) is 20.1. The van der Waals surface area contributed by atoms with E-state index in [1.54, 1.807) is 6.07 Å². The highest BCUT2D eigenvalue weighted by atomic mass is 35.5. The fraction of sp³-hybridized carbons (Fsp3) is 0.407. The van der Waals surface area contributed by atoms with Crippen molar-refractivity contribution in [2.45, 2.75) is 26.2 Å². The van der Waals surface area contributed by atoms with Crippen LogP contribution in [0.25, 0.3) is 6.08 Å². The molecule has 178 valence electrons. The standard InChI is InChI=1S/C27H29ClN2O4/c1-19-4-2-3-5-23(19)34-17-25(31)29-11-8-27(9-12-29)10-13-30(18-27)26(32)21-14-20-15-22(28)6-7-24(20)33-16-21/h2-7,14-15H,8-13,16-18H2,1H3. The zero-order valence-electron chi connectivity index (χ0n) is 19.4. The van der Waals surface area contributed by atoms with E-state index in [-0.39, 0.29) is 30.4 Å². The third-order valence-electron chi connectivity index (χ3n) is 7.31. The van der Waals surface area contributed by atoms with E-state index in [0.29, 0.717) is 23.7 Å². The molecule has 3 aliphatic heterocycles. The first-order valence-electron chi connectivity index (χ1n) is 11.8. The summed E-state index contributed by atoms with van der Waals surface area (Å²) in [6, 6.07) is 13.2. The predicted octanol–water partition coefficient (Wildman–Crippen LogP) is 4.34. The van der Waals surface area contributed by atoms with Crippen molar-refractivity contribution in [2.24, 2.45) is 5.41 Å². The number of carbonyl (C=O) groups is 2. The molecule has 0 atom stereocenters. The topological polar surface area (TPSA) is 59.1 Å². The van der Waals surface area contributed by atoms with E-state index >= 15 is 0 Å². The molecule has 2 saturated heterocycles. The van der Waals surface area contributed by atoms with Crippen molar-refractivity contribution in [3.8, 4) is 11.5 Å². The highest BCUT2D eigenvalue weighted by Gasteiger charge is 2.43. The SMILES string of the molecule is Cc1ccccc1OCC(=O)N1CCC2(CC1)CCN(C(=O)C1=Cc3cc(Cl)ccc3OC1)C2. The molecule has 0 N–H and O–H groups in total. The molecule has 0 aliphatic carbocycles. The van der Waals surface area contributed by atoms with Crippen molar-refractivity contribution in [1.82, 2.24) is 9.80 Å². The number of nitrogens with zero attached hydrogens (tertiary/aromatic N) is 2. The van der Waals surface area contributed by atoms with Crippen LogP contribution in [-0.4, -0.2) is 61.0 Å². The lowest BCUT2D eigenvalue weighted by molar-refractivity contribution is -0.136. The molecule has 5 rings (SSSR count). The third-order valence-corrected chi connectivity index (χ3v) is 7.54. The molecule has 0 aromatic heterocycles. The lowest BCUT2D eigenvalue weighted by Crippen LogP contribution is -2.46. The second kappa shape index (κ2) is 9.34. The largest absolute Gasteiger partial charge is 0.488 e. The van der Waals surface area contributed by atoms with Gasteiger partial charge in [-0.2, -0.15) is 0 Å². The smallest absolute Gasteiger partial charge is 0.260 e. The first-order chi connectivity index (χ1) is 16.4. The molecule has 0 radical (unpaired) electrons. The van der Waals surface area contributed by atoms with Gasteiger partial charge in [-0.15, -0.1) is 0 Å². The number of hydrogen-bond acceptors (Lipinski definition) is 4. The fourth-order valence-electron chi connectivity index (χ4n) is 5.17. The van der Waals surface area contributed by atoms with E-state index in [1.807, 2.05) is 59.2 Å². The monoisotopic (exact) mass is 480 g/mol. The van der Waals surface area contributed by atoms with Crippen molar-refractivity contribution < 1.29 is 19.1 Å². The molecular formula is C27H29ClN2O4. The molecular weight excluding hydrogens is 452 g/mol. The third kappa shape index (κ3) is 4.64. The quantitative estimate of drug-likeness (QED) is 0.653. The molecule has 0 unspecified atom stereocenters. The van der Waals surface area contributed by atoms with Gasteiger partial charge in [0.1, 0.15) is 18.1 Å². The van der Waals surface area contributed by atoms with Gasteiger partial charge < -0.3 is 19.3 Å². The molecule has 2 aromatic rings. The summed E-state index contributed by atoms with van der Waals surface area (Å²) in [5.41, 5.74) is 2.61. The number of ether oxygens (including phenoxy) is 2. The lowest BCUT2D eigenvalue weighted by Gasteiger charge is -2.39. The Hall–Kier alpha value is -2.99. The van der Waals surface area contributed by atoms with Crippen molar-refractivity contribution in [3.63, 3.8) is 0 Å². The average Bonchev–Trinajstić information content (AvgIpc) is 3.26. The van der Waals surface area contributed by atoms with Gasteiger partial charge in [-0.05, 0) is 67.5 Å². The summed E-state index contributed by atoms with van der Waals surface area (Å²) in [7, 11) is 0. The summed E-state index contributed by atoms with van der Waals surface area (Å²) >= 11 is 6.10. The van der Waals surface area contributed by atoms with Crippen LogP contribution in [0.4, 0.5) is 0 Å². The van der Waals surface area contributed by atoms with E-state index < -0.39 is 0 Å². The summed E-state index contributed by atoms with van der Waals surface area (Å²) < 4.78 is 11.5. The van der Waals surface area contributed by atoms with Gasteiger partial charge in [0.15, 0.2) is 6.61 Å². The summed E-state index contributed by atoms with van der Waals surface area (Å²) in [6.07, 6.45) is 4.67. The van der Waals surface area contributed by atoms with Gasteiger partial charge in [-0.25, -0.2) is 0 Å². The number of carbonyl (C=O) groups excluding carboxylic acids is 2. The van der Waals surface area contributed by atoms with E-state index in [9.17, 15) is 9.59 Å². The predicted molar refractivity (Wildman–Crippen MR) is 131 cm³/mol. The average molecular weight is 481 g/mol. The summed E-state index contributed by atoms with van der Waals surface area (Å²) in [6.45, 7) is 5.19. The van der Waals surface area contributed by atoms with Crippen molar-refractivity contribution in [1.29, 1.82) is 0 Å². The molecule has 0 saturated carbocycles. The molecule has 3 aliphatic rings. The first-order valence-corrected chi connectivity index (χ1v) is 12.2. The Kier molecular flexibility index (Phi) is 6.26. The fourth-order valence-corrected chi connectivity index (χ4v) is 5.35. The zero-order chi connectivity index (χ0) is 23.7. The van der Waals surface area contributed by atoms with Crippen molar-refractivity contribution in [2.75, 3.05) is 39.4 Å². The Labute approximate surface area is 205 Å². The maximum atomic E-state index is 13.2. The van der Waals surface area contributed by atoms with Gasteiger partial charge >= 0.3 is 0 Å². The molecule has 2 aromatic carbocycles. The molecule has 6 nitrogen and oxygen atoms in total. The Bertz CT molecular complexity index is 1140. The second-order valence-corrected chi connectivity index (χ2v) is 9.99. The molecule has 1 spiro atoms. The van der Waals surface area contributed by atoms with Crippen LogP contribution in [0.1, 0.15) is 30.4 Å². The number of aryl methyl sites for hydroxylation is 1.